The van der Waals surface area contributed by atoms with E-state index < -0.39 is 11.9 Å². The Morgan fingerprint density at radius 2 is 1.95 bits per heavy atom. The van der Waals surface area contributed by atoms with E-state index in [2.05, 4.69) is 10.3 Å². The summed E-state index contributed by atoms with van der Waals surface area (Å²) in [6.07, 6.45) is -0.138. The number of hydrogen-bond donors (Lipinski definition) is 1. The van der Waals surface area contributed by atoms with E-state index in [1.165, 1.54) is 11.3 Å². The van der Waals surface area contributed by atoms with Crippen molar-refractivity contribution in [1.29, 1.82) is 0 Å². The highest BCUT2D eigenvalue weighted by molar-refractivity contribution is 7.15. The van der Waals surface area contributed by atoms with Crippen LogP contribution in [0, 0.1) is 0 Å². The summed E-state index contributed by atoms with van der Waals surface area (Å²) >= 11 is 1.19. The zero-order chi connectivity index (χ0) is 13.5. The molecule has 3 rings (SSSR count). The molecule has 0 unspecified atom stereocenters. The molecule has 7 heteroatoms. The van der Waals surface area contributed by atoms with Crippen molar-refractivity contribution in [2.75, 3.05) is 18.0 Å². The fourth-order valence-electron chi connectivity index (χ4n) is 2.25. The Bertz CT molecular complexity index is 448. The van der Waals surface area contributed by atoms with Gasteiger partial charge in [0.05, 0.1) is 4.88 Å². The Morgan fingerprint density at radius 3 is 2.53 bits per heavy atom. The molecule has 0 radical (unpaired) electrons. The Morgan fingerprint density at radius 1 is 1.26 bits per heavy atom. The lowest BCUT2D eigenvalue weighted by atomic mass is 10.3. The average molecular weight is 291 g/mol. The highest BCUT2D eigenvalue weighted by Gasteiger charge is 2.38. The van der Waals surface area contributed by atoms with Crippen molar-refractivity contribution in [3.8, 4) is 0 Å². The van der Waals surface area contributed by atoms with E-state index in [9.17, 15) is 13.2 Å². The molecular formula is C12H16F3N3S. The molecule has 1 aromatic heterocycles. The first-order valence-electron chi connectivity index (χ1n) is 6.59. The molecule has 2 fully saturated rings. The van der Waals surface area contributed by atoms with Crippen molar-refractivity contribution in [3.05, 3.63) is 10.6 Å². The van der Waals surface area contributed by atoms with Gasteiger partial charge in [0.1, 0.15) is 0 Å². The first-order chi connectivity index (χ1) is 9.04. The average Bonchev–Trinajstić information content (AvgIpc) is 2.87. The maximum absolute atomic E-state index is 13.0. The topological polar surface area (TPSA) is 28.2 Å². The van der Waals surface area contributed by atoms with Gasteiger partial charge in [0.15, 0.2) is 10.8 Å². The van der Waals surface area contributed by atoms with Crippen LogP contribution < -0.4 is 10.2 Å². The highest BCUT2D eigenvalue weighted by atomic mass is 32.1. The molecule has 1 N–H and O–H groups in total. The Kier molecular flexibility index (Phi) is 3.42. The number of halogens is 3. The first kappa shape index (κ1) is 13.2. The van der Waals surface area contributed by atoms with Crippen LogP contribution in [0.1, 0.15) is 36.3 Å². The normalized spacial score (nSPS) is 20.3. The molecule has 3 nitrogen and oxygen atoms in total. The minimum absolute atomic E-state index is 0.283. The zero-order valence-electron chi connectivity index (χ0n) is 10.5. The Labute approximate surface area is 113 Å². The fraction of sp³-hybridized carbons (Fsp3) is 0.750. The number of alkyl halides is 3. The van der Waals surface area contributed by atoms with Crippen molar-refractivity contribution < 1.29 is 13.2 Å². The lowest BCUT2D eigenvalue weighted by Gasteiger charge is -2.12. The maximum Gasteiger partial charge on any atom is 0.434 e. The van der Waals surface area contributed by atoms with Crippen molar-refractivity contribution in [3.63, 3.8) is 0 Å². The number of rotatable bonds is 4. The molecule has 1 aromatic rings. The van der Waals surface area contributed by atoms with Gasteiger partial charge in [-0.3, -0.25) is 0 Å². The molecule has 1 saturated carbocycles. The van der Waals surface area contributed by atoms with E-state index in [0.717, 1.165) is 38.8 Å². The van der Waals surface area contributed by atoms with Crippen LogP contribution in [-0.2, 0) is 12.7 Å². The zero-order valence-corrected chi connectivity index (χ0v) is 11.3. The van der Waals surface area contributed by atoms with E-state index in [1.54, 1.807) is 0 Å². The summed E-state index contributed by atoms with van der Waals surface area (Å²) < 4.78 is 39.0. The SMILES string of the molecule is FC(F)(F)c1nc(N2CCCC2)sc1CNC1CC1. The summed E-state index contributed by atoms with van der Waals surface area (Å²) in [5.41, 5.74) is -0.701. The van der Waals surface area contributed by atoms with E-state index in [0.29, 0.717) is 16.1 Å². The van der Waals surface area contributed by atoms with Crippen molar-refractivity contribution in [2.45, 2.75) is 44.4 Å². The van der Waals surface area contributed by atoms with Gasteiger partial charge in [0.2, 0.25) is 0 Å². The van der Waals surface area contributed by atoms with Crippen molar-refractivity contribution >= 4 is 16.5 Å². The predicted molar refractivity (Wildman–Crippen MR) is 68.4 cm³/mol. The third-order valence-corrected chi connectivity index (χ3v) is 4.58. The number of nitrogens with one attached hydrogen (secondary N) is 1. The molecule has 106 valence electrons. The van der Waals surface area contributed by atoms with Crippen LogP contribution in [0.3, 0.4) is 0 Å². The van der Waals surface area contributed by atoms with Gasteiger partial charge in [-0.25, -0.2) is 4.98 Å². The first-order valence-corrected chi connectivity index (χ1v) is 7.41. The summed E-state index contributed by atoms with van der Waals surface area (Å²) in [6, 6.07) is 0.401. The van der Waals surface area contributed by atoms with E-state index >= 15 is 0 Å². The van der Waals surface area contributed by atoms with Gasteiger partial charge in [0.25, 0.3) is 0 Å². The fourth-order valence-corrected chi connectivity index (χ4v) is 3.33. The third-order valence-electron chi connectivity index (χ3n) is 3.46. The molecule has 0 atom stereocenters. The molecule has 0 spiro atoms. The van der Waals surface area contributed by atoms with E-state index in [4.69, 9.17) is 0 Å². The molecule has 1 saturated heterocycles. The number of thiazole rings is 1. The van der Waals surface area contributed by atoms with Crippen LogP contribution in [0.25, 0.3) is 0 Å². The van der Waals surface area contributed by atoms with Gasteiger partial charge in [-0.1, -0.05) is 11.3 Å². The van der Waals surface area contributed by atoms with E-state index in [1.807, 2.05) is 4.90 Å². The van der Waals surface area contributed by atoms with Crippen LogP contribution in [0.4, 0.5) is 18.3 Å². The molecule has 0 aromatic carbocycles. The summed E-state index contributed by atoms with van der Waals surface area (Å²) in [6.45, 7) is 1.92. The van der Waals surface area contributed by atoms with Gasteiger partial charge in [-0.15, -0.1) is 0 Å². The second-order valence-corrected chi connectivity index (χ2v) is 6.18. The van der Waals surface area contributed by atoms with Crippen LogP contribution in [0.15, 0.2) is 0 Å². The van der Waals surface area contributed by atoms with Gasteiger partial charge in [0, 0.05) is 25.7 Å². The highest BCUT2D eigenvalue weighted by Crippen LogP contribution is 2.38. The summed E-state index contributed by atoms with van der Waals surface area (Å²) in [4.78, 5) is 6.12. The van der Waals surface area contributed by atoms with Crippen molar-refractivity contribution in [2.24, 2.45) is 0 Å². The predicted octanol–water partition coefficient (Wildman–Crippen LogP) is 3.01. The molecule has 0 amide bonds. The maximum atomic E-state index is 13.0. The molecule has 1 aliphatic heterocycles. The standard InChI is InChI=1S/C12H16F3N3S/c13-12(14,15)10-9(7-16-8-3-4-8)19-11(17-10)18-5-1-2-6-18/h8,16H,1-7H2. The van der Waals surface area contributed by atoms with Crippen molar-refractivity contribution in [1.82, 2.24) is 10.3 Å². The second kappa shape index (κ2) is 4.94. The smallest absolute Gasteiger partial charge is 0.348 e. The quantitative estimate of drug-likeness (QED) is 0.924. The molecule has 2 aliphatic rings. The molecule has 19 heavy (non-hydrogen) atoms. The van der Waals surface area contributed by atoms with Gasteiger partial charge in [-0.2, -0.15) is 13.2 Å². The second-order valence-electron chi connectivity index (χ2n) is 5.12. The van der Waals surface area contributed by atoms with Crippen LogP contribution in [0.5, 0.6) is 0 Å². The number of nitrogens with zero attached hydrogens (tertiary/aromatic N) is 2. The van der Waals surface area contributed by atoms with Crippen LogP contribution >= 0.6 is 11.3 Å². The summed E-state index contributed by atoms with van der Waals surface area (Å²) in [5, 5.41) is 3.67. The molecular weight excluding hydrogens is 275 g/mol. The molecule has 1 aliphatic carbocycles. The van der Waals surface area contributed by atoms with Gasteiger partial charge < -0.3 is 10.2 Å². The van der Waals surface area contributed by atoms with Gasteiger partial charge >= 0.3 is 6.18 Å². The Hall–Kier alpha value is -0.820. The minimum Gasteiger partial charge on any atom is -0.348 e. The number of aromatic nitrogens is 1. The molecule has 0 bridgehead atoms. The monoisotopic (exact) mass is 291 g/mol. The minimum atomic E-state index is -4.35. The largest absolute Gasteiger partial charge is 0.434 e. The summed E-state index contributed by atoms with van der Waals surface area (Å²) in [7, 11) is 0. The summed E-state index contributed by atoms with van der Waals surface area (Å²) in [5.74, 6) is 0. The van der Waals surface area contributed by atoms with Gasteiger partial charge in [-0.05, 0) is 25.7 Å². The number of anilines is 1. The lowest BCUT2D eigenvalue weighted by Crippen LogP contribution is -2.18. The van der Waals surface area contributed by atoms with E-state index in [-0.39, 0.29) is 6.54 Å². The third kappa shape index (κ3) is 3.02. The molecule has 2 heterocycles. The van der Waals surface area contributed by atoms with Crippen LogP contribution in [0.2, 0.25) is 0 Å². The number of hydrogen-bond acceptors (Lipinski definition) is 4. The lowest BCUT2D eigenvalue weighted by molar-refractivity contribution is -0.141. The Balaban J connectivity index is 1.81. The van der Waals surface area contributed by atoms with Crippen LogP contribution in [-0.4, -0.2) is 24.1 Å².